The van der Waals surface area contributed by atoms with Gasteiger partial charge >= 0.3 is 0 Å². The maximum atomic E-state index is 12.6. The summed E-state index contributed by atoms with van der Waals surface area (Å²) in [6.45, 7) is 9.74. The van der Waals surface area contributed by atoms with Crippen LogP contribution in [-0.4, -0.2) is 34.0 Å². The van der Waals surface area contributed by atoms with Gasteiger partial charge in [-0.2, -0.15) is 11.8 Å². The fourth-order valence-electron chi connectivity index (χ4n) is 7.44. The van der Waals surface area contributed by atoms with Crippen molar-refractivity contribution in [3.05, 3.63) is 12.2 Å². The van der Waals surface area contributed by atoms with E-state index in [-0.39, 0.29) is 10.8 Å². The molecule has 0 bridgehead atoms. The molecule has 0 aromatic heterocycles. The number of thioether (sulfide) groups is 1. The van der Waals surface area contributed by atoms with Gasteiger partial charge in [-0.3, -0.25) is 4.79 Å². The molecule has 0 spiro atoms. The zero-order chi connectivity index (χ0) is 19.4. The van der Waals surface area contributed by atoms with Crippen LogP contribution in [0.4, 0.5) is 0 Å². The summed E-state index contributed by atoms with van der Waals surface area (Å²) in [4.78, 5) is 12.6. The van der Waals surface area contributed by atoms with Crippen LogP contribution in [0.15, 0.2) is 12.2 Å². The molecule has 152 valence electrons. The second-order valence-electron chi connectivity index (χ2n) is 10.3. The molecule has 3 N–H and O–H groups in total. The highest BCUT2D eigenvalue weighted by Gasteiger charge is 2.65. The van der Waals surface area contributed by atoms with E-state index in [0.29, 0.717) is 28.8 Å². The summed E-state index contributed by atoms with van der Waals surface area (Å²) >= 11 is 2.00. The number of hydrogen-bond donors (Lipinski definition) is 2. The molecular formula is C23H37NO2S. The van der Waals surface area contributed by atoms with E-state index in [1.165, 1.54) is 6.42 Å². The van der Waals surface area contributed by atoms with Crippen molar-refractivity contribution in [1.29, 1.82) is 0 Å². The van der Waals surface area contributed by atoms with Crippen molar-refractivity contribution in [2.45, 2.75) is 82.5 Å². The minimum absolute atomic E-state index is 0.0785. The zero-order valence-electron chi connectivity index (χ0n) is 17.1. The van der Waals surface area contributed by atoms with Crippen LogP contribution in [0.5, 0.6) is 0 Å². The molecule has 3 nitrogen and oxygen atoms in total. The third-order valence-corrected chi connectivity index (χ3v) is 10.6. The number of fused-ring (bicyclic) bond motifs is 5. The highest BCUT2D eigenvalue weighted by atomic mass is 32.2. The predicted molar refractivity (Wildman–Crippen MR) is 113 cm³/mol. The monoisotopic (exact) mass is 391 g/mol. The lowest BCUT2D eigenvalue weighted by Crippen LogP contribution is -2.63. The van der Waals surface area contributed by atoms with Crippen LogP contribution in [0.25, 0.3) is 0 Å². The van der Waals surface area contributed by atoms with E-state index in [0.717, 1.165) is 69.2 Å². The van der Waals surface area contributed by atoms with Crippen molar-refractivity contribution < 1.29 is 9.90 Å². The molecule has 0 saturated heterocycles. The van der Waals surface area contributed by atoms with Crippen molar-refractivity contribution in [3.8, 4) is 0 Å². The lowest BCUT2D eigenvalue weighted by molar-refractivity contribution is -0.172. The van der Waals surface area contributed by atoms with Gasteiger partial charge in [-0.1, -0.05) is 20.4 Å². The smallest absolute Gasteiger partial charge is 0.139 e. The molecule has 4 fully saturated rings. The Morgan fingerprint density at radius 2 is 2.00 bits per heavy atom. The first-order valence-electron chi connectivity index (χ1n) is 11.0. The van der Waals surface area contributed by atoms with Crippen molar-refractivity contribution >= 4 is 17.5 Å². The van der Waals surface area contributed by atoms with Gasteiger partial charge in [-0.05, 0) is 87.0 Å². The maximum absolute atomic E-state index is 12.6. The van der Waals surface area contributed by atoms with Gasteiger partial charge in [0.2, 0.25) is 0 Å². The summed E-state index contributed by atoms with van der Waals surface area (Å²) in [5.74, 6) is 3.15. The molecule has 7 atom stereocenters. The van der Waals surface area contributed by atoms with E-state index in [1.807, 2.05) is 11.8 Å². The second-order valence-corrected chi connectivity index (χ2v) is 11.7. The molecule has 0 unspecified atom stereocenters. The predicted octanol–water partition coefficient (Wildman–Crippen LogP) is 4.33. The molecule has 4 rings (SSSR count). The van der Waals surface area contributed by atoms with Gasteiger partial charge in [0, 0.05) is 22.5 Å². The summed E-state index contributed by atoms with van der Waals surface area (Å²) in [7, 11) is 0. The van der Waals surface area contributed by atoms with Crippen molar-refractivity contribution in [2.75, 3.05) is 12.3 Å². The van der Waals surface area contributed by atoms with Crippen LogP contribution in [-0.2, 0) is 4.79 Å². The summed E-state index contributed by atoms with van der Waals surface area (Å²) in [5.41, 5.74) is 5.79. The number of Topliss-reactive ketones (excluding diaryl/α,β-unsaturated/α-hetero) is 1. The topological polar surface area (TPSA) is 63.3 Å². The van der Waals surface area contributed by atoms with E-state index in [9.17, 15) is 9.90 Å². The lowest BCUT2D eigenvalue weighted by Gasteiger charge is -2.64. The first-order chi connectivity index (χ1) is 12.8. The molecule has 4 aliphatic carbocycles. The Bertz CT molecular complexity index is 636. The minimum Gasteiger partial charge on any atom is -0.385 e. The van der Waals surface area contributed by atoms with E-state index < -0.39 is 5.60 Å². The third kappa shape index (κ3) is 2.80. The quantitative estimate of drug-likeness (QED) is 0.553. The standard InChI is InChI=1S/C23H37NO2S/c1-15-13-17-18-5-6-20(25)21(18,2)9-8-19(17)22(3)10-7-16(14-23(15,22)26)27-12-4-11-24/h16-19,26H,1,4-14,24H2,2-3H3/t16-,17+,18+,19+,21+,22-,23+/m1/s1. The molecule has 0 radical (unpaired) electrons. The minimum atomic E-state index is -0.733. The first-order valence-corrected chi connectivity index (χ1v) is 12.1. The van der Waals surface area contributed by atoms with Gasteiger partial charge in [-0.15, -0.1) is 0 Å². The molecule has 27 heavy (non-hydrogen) atoms. The van der Waals surface area contributed by atoms with Crippen LogP contribution < -0.4 is 5.73 Å². The second kappa shape index (κ2) is 6.88. The van der Waals surface area contributed by atoms with Gasteiger partial charge in [0.05, 0.1) is 5.60 Å². The Labute approximate surface area is 168 Å². The highest BCUT2D eigenvalue weighted by Crippen LogP contribution is 2.68. The van der Waals surface area contributed by atoms with Crippen molar-refractivity contribution in [2.24, 2.45) is 34.3 Å². The molecule has 0 heterocycles. The van der Waals surface area contributed by atoms with Gasteiger partial charge in [-0.25, -0.2) is 0 Å². The molecular weight excluding hydrogens is 354 g/mol. The van der Waals surface area contributed by atoms with Crippen molar-refractivity contribution in [3.63, 3.8) is 0 Å². The Hall–Kier alpha value is -0.320. The Balaban J connectivity index is 1.58. The molecule has 0 aliphatic heterocycles. The van der Waals surface area contributed by atoms with E-state index >= 15 is 0 Å². The van der Waals surface area contributed by atoms with Gasteiger partial charge in [0.15, 0.2) is 0 Å². The van der Waals surface area contributed by atoms with E-state index in [1.54, 1.807) is 0 Å². The van der Waals surface area contributed by atoms with Crippen LogP contribution in [0.3, 0.4) is 0 Å². The average molecular weight is 392 g/mol. The first kappa shape index (κ1) is 20.0. The fraction of sp³-hybridized carbons (Fsp3) is 0.870. The number of carbonyl (C=O) groups is 1. The molecule has 4 saturated carbocycles. The van der Waals surface area contributed by atoms with E-state index in [4.69, 9.17) is 5.73 Å². The number of nitrogens with two attached hydrogens (primary N) is 1. The molecule has 0 aromatic carbocycles. The van der Waals surface area contributed by atoms with Gasteiger partial charge in [0.1, 0.15) is 5.78 Å². The number of rotatable bonds is 4. The van der Waals surface area contributed by atoms with Crippen LogP contribution in [0.2, 0.25) is 0 Å². The third-order valence-electron chi connectivity index (χ3n) is 9.19. The Morgan fingerprint density at radius 1 is 1.22 bits per heavy atom. The largest absolute Gasteiger partial charge is 0.385 e. The molecule has 0 amide bonds. The molecule has 4 heteroatoms. The maximum Gasteiger partial charge on any atom is 0.139 e. The normalized spacial score (nSPS) is 49.5. The van der Waals surface area contributed by atoms with E-state index in [2.05, 4.69) is 20.4 Å². The fourth-order valence-corrected chi connectivity index (χ4v) is 8.75. The number of carbonyl (C=O) groups excluding carboxylic acids is 1. The van der Waals surface area contributed by atoms with Crippen molar-refractivity contribution in [1.82, 2.24) is 0 Å². The Morgan fingerprint density at radius 3 is 2.74 bits per heavy atom. The summed E-state index contributed by atoms with van der Waals surface area (Å²) in [6, 6.07) is 0. The zero-order valence-corrected chi connectivity index (χ0v) is 18.0. The van der Waals surface area contributed by atoms with Crippen LogP contribution in [0.1, 0.15) is 71.6 Å². The summed E-state index contributed by atoms with van der Waals surface area (Å²) in [5, 5.41) is 12.5. The number of hydrogen-bond acceptors (Lipinski definition) is 4. The Kier molecular flexibility index (Phi) is 5.09. The van der Waals surface area contributed by atoms with Gasteiger partial charge < -0.3 is 10.8 Å². The summed E-state index contributed by atoms with van der Waals surface area (Å²) in [6.07, 6.45) is 9.02. The number of aliphatic hydroxyl groups is 1. The summed E-state index contributed by atoms with van der Waals surface area (Å²) < 4.78 is 0. The lowest BCUT2D eigenvalue weighted by atomic mass is 9.43. The molecule has 4 aliphatic rings. The average Bonchev–Trinajstić information content (AvgIpc) is 2.93. The van der Waals surface area contributed by atoms with Crippen LogP contribution >= 0.6 is 11.8 Å². The SMILES string of the molecule is C=C1C[C@H]2[C@@H]3CCC(=O)[C@@]3(C)CC[C@@H]2[C@@]2(C)CC[C@@H](SCCCN)C[C@]12O. The molecule has 0 aromatic rings. The number of ketones is 1. The van der Waals surface area contributed by atoms with Crippen LogP contribution in [0, 0.1) is 28.6 Å². The van der Waals surface area contributed by atoms with Gasteiger partial charge in [0.25, 0.3) is 0 Å². The highest BCUT2D eigenvalue weighted by molar-refractivity contribution is 7.99.